The minimum Gasteiger partial charge on any atom is -0.211 e. The molecule has 1 saturated heterocycles. The van der Waals surface area contributed by atoms with Gasteiger partial charge >= 0.3 is 0 Å². The van der Waals surface area contributed by atoms with Gasteiger partial charge in [0.05, 0.1) is 10.9 Å². The lowest BCUT2D eigenvalue weighted by Gasteiger charge is -2.33. The number of benzene rings is 1. The van der Waals surface area contributed by atoms with E-state index in [9.17, 15) is 17.6 Å². The number of rotatable bonds is 3. The molecule has 0 aliphatic carbocycles. The van der Waals surface area contributed by atoms with E-state index in [1.807, 2.05) is 6.92 Å². The summed E-state index contributed by atoms with van der Waals surface area (Å²) in [7, 11) is -3.62. The molecule has 1 aromatic carbocycles. The van der Waals surface area contributed by atoms with Crippen molar-refractivity contribution in [3.05, 3.63) is 30.1 Å². The van der Waals surface area contributed by atoms with Gasteiger partial charge in [0.25, 0.3) is 0 Å². The van der Waals surface area contributed by atoms with Gasteiger partial charge in [0.2, 0.25) is 16.1 Å². The van der Waals surface area contributed by atoms with Crippen molar-refractivity contribution >= 4 is 16.1 Å². The third kappa shape index (κ3) is 2.95. The Morgan fingerprint density at radius 1 is 1.35 bits per heavy atom. The number of isocyanates is 1. The fourth-order valence-electron chi connectivity index (χ4n) is 2.33. The molecule has 1 aliphatic heterocycles. The Bertz CT molecular complexity index is 624. The SMILES string of the molecule is CC1CN(S(=O)(=O)c2ccc(F)cc2)CCC1N=C=O. The van der Waals surface area contributed by atoms with E-state index in [1.165, 1.54) is 22.5 Å². The summed E-state index contributed by atoms with van der Waals surface area (Å²) in [6, 6.07) is 4.57. The third-order valence-electron chi connectivity index (χ3n) is 3.49. The lowest BCUT2D eigenvalue weighted by atomic mass is 9.96. The van der Waals surface area contributed by atoms with Crippen LogP contribution >= 0.6 is 0 Å². The Morgan fingerprint density at radius 3 is 2.55 bits per heavy atom. The molecule has 0 saturated carbocycles. The van der Waals surface area contributed by atoms with Crippen molar-refractivity contribution < 1.29 is 17.6 Å². The summed E-state index contributed by atoms with van der Waals surface area (Å²) >= 11 is 0. The molecule has 2 unspecified atom stereocenters. The molecule has 108 valence electrons. The summed E-state index contributed by atoms with van der Waals surface area (Å²) in [6.45, 7) is 2.42. The molecule has 0 radical (unpaired) electrons. The van der Waals surface area contributed by atoms with E-state index in [0.717, 1.165) is 12.1 Å². The molecule has 0 N–H and O–H groups in total. The molecule has 5 nitrogen and oxygen atoms in total. The Kier molecular flexibility index (Phi) is 4.32. The summed E-state index contributed by atoms with van der Waals surface area (Å²) in [6.07, 6.45) is 2.01. The summed E-state index contributed by atoms with van der Waals surface area (Å²) in [5.74, 6) is -0.531. The van der Waals surface area contributed by atoms with Gasteiger partial charge in [-0.3, -0.25) is 0 Å². The van der Waals surface area contributed by atoms with Gasteiger partial charge in [0.15, 0.2) is 0 Å². The van der Waals surface area contributed by atoms with Crippen molar-refractivity contribution in [3.8, 4) is 0 Å². The second-order valence-corrected chi connectivity index (χ2v) is 6.81. The Morgan fingerprint density at radius 2 is 2.00 bits per heavy atom. The predicted octanol–water partition coefficient (Wildman–Crippen LogP) is 1.56. The highest BCUT2D eigenvalue weighted by Gasteiger charge is 2.33. The highest BCUT2D eigenvalue weighted by molar-refractivity contribution is 7.89. The van der Waals surface area contributed by atoms with E-state index in [1.54, 1.807) is 0 Å². The first-order valence-electron chi connectivity index (χ1n) is 6.28. The second kappa shape index (κ2) is 5.83. The average Bonchev–Trinajstić information content (AvgIpc) is 2.41. The Hall–Kier alpha value is -1.56. The lowest BCUT2D eigenvalue weighted by Crippen LogP contribution is -2.44. The van der Waals surface area contributed by atoms with E-state index >= 15 is 0 Å². The van der Waals surface area contributed by atoms with Crippen LogP contribution in [0.25, 0.3) is 0 Å². The van der Waals surface area contributed by atoms with Crippen molar-refractivity contribution in [1.29, 1.82) is 0 Å². The maximum absolute atomic E-state index is 12.9. The van der Waals surface area contributed by atoms with Crippen molar-refractivity contribution in [1.82, 2.24) is 4.31 Å². The van der Waals surface area contributed by atoms with E-state index in [4.69, 9.17) is 0 Å². The molecule has 0 spiro atoms. The molecular weight excluding hydrogens is 283 g/mol. The zero-order valence-corrected chi connectivity index (χ0v) is 11.8. The van der Waals surface area contributed by atoms with Crippen molar-refractivity contribution in [3.63, 3.8) is 0 Å². The predicted molar refractivity (Wildman–Crippen MR) is 70.8 cm³/mol. The minimum absolute atomic E-state index is 0.0552. The fourth-order valence-corrected chi connectivity index (χ4v) is 3.88. The number of nitrogens with zero attached hydrogens (tertiary/aromatic N) is 2. The molecule has 2 atom stereocenters. The minimum atomic E-state index is -3.62. The molecule has 2 rings (SSSR count). The normalized spacial score (nSPS) is 24.1. The van der Waals surface area contributed by atoms with Crippen molar-refractivity contribution in [2.75, 3.05) is 13.1 Å². The van der Waals surface area contributed by atoms with Crippen LogP contribution in [-0.2, 0) is 14.8 Å². The zero-order valence-electron chi connectivity index (χ0n) is 11.0. The van der Waals surface area contributed by atoms with Crippen molar-refractivity contribution in [2.24, 2.45) is 10.9 Å². The van der Waals surface area contributed by atoms with Gasteiger partial charge in [-0.1, -0.05) is 6.92 Å². The number of piperidine rings is 1. The number of halogens is 1. The summed E-state index contributed by atoms with van der Waals surface area (Å²) in [4.78, 5) is 14.1. The van der Waals surface area contributed by atoms with Crippen LogP contribution in [-0.4, -0.2) is 37.9 Å². The molecule has 1 aliphatic rings. The number of sulfonamides is 1. The molecule has 1 heterocycles. The van der Waals surface area contributed by atoms with E-state index in [-0.39, 0.29) is 23.4 Å². The second-order valence-electron chi connectivity index (χ2n) is 4.87. The van der Waals surface area contributed by atoms with Gasteiger partial charge in [-0.15, -0.1) is 0 Å². The molecule has 0 amide bonds. The number of hydrogen-bond donors (Lipinski definition) is 0. The Labute approximate surface area is 117 Å². The van der Waals surface area contributed by atoms with Gasteiger partial charge in [0.1, 0.15) is 5.82 Å². The number of carbonyl (C=O) groups excluding carboxylic acids is 1. The molecule has 0 bridgehead atoms. The smallest absolute Gasteiger partial charge is 0.211 e. The molecule has 7 heteroatoms. The van der Waals surface area contributed by atoms with Gasteiger partial charge in [-0.2, -0.15) is 4.31 Å². The maximum atomic E-state index is 12.9. The first-order valence-corrected chi connectivity index (χ1v) is 7.72. The first kappa shape index (κ1) is 14.8. The topological polar surface area (TPSA) is 66.8 Å². The number of hydrogen-bond acceptors (Lipinski definition) is 4. The van der Waals surface area contributed by atoms with Crippen LogP contribution < -0.4 is 0 Å². The maximum Gasteiger partial charge on any atom is 0.243 e. The third-order valence-corrected chi connectivity index (χ3v) is 5.37. The zero-order chi connectivity index (χ0) is 14.8. The average molecular weight is 298 g/mol. The van der Waals surface area contributed by atoms with Crippen LogP contribution in [0.4, 0.5) is 4.39 Å². The van der Waals surface area contributed by atoms with Crippen LogP contribution in [0.2, 0.25) is 0 Å². The van der Waals surface area contributed by atoms with Crippen LogP contribution in [0.3, 0.4) is 0 Å². The molecule has 0 aromatic heterocycles. The fraction of sp³-hybridized carbons (Fsp3) is 0.462. The highest BCUT2D eigenvalue weighted by Crippen LogP contribution is 2.25. The highest BCUT2D eigenvalue weighted by atomic mass is 32.2. The van der Waals surface area contributed by atoms with Gasteiger partial charge in [0, 0.05) is 13.1 Å². The van der Waals surface area contributed by atoms with Crippen molar-refractivity contribution in [2.45, 2.75) is 24.3 Å². The van der Waals surface area contributed by atoms with E-state index in [0.29, 0.717) is 13.0 Å². The molecule has 1 fully saturated rings. The molecule has 20 heavy (non-hydrogen) atoms. The molecule has 1 aromatic rings. The van der Waals surface area contributed by atoms with Gasteiger partial charge in [-0.25, -0.2) is 22.6 Å². The first-order chi connectivity index (χ1) is 9.45. The Balaban J connectivity index is 2.20. The number of aliphatic imine (C=N–C) groups is 1. The largest absolute Gasteiger partial charge is 0.243 e. The van der Waals surface area contributed by atoms with Crippen LogP contribution in [0.5, 0.6) is 0 Å². The van der Waals surface area contributed by atoms with Crippen LogP contribution in [0.1, 0.15) is 13.3 Å². The van der Waals surface area contributed by atoms with Crippen LogP contribution in [0, 0.1) is 11.7 Å². The van der Waals surface area contributed by atoms with E-state index < -0.39 is 15.8 Å². The summed E-state index contributed by atoms with van der Waals surface area (Å²) in [5, 5.41) is 0. The van der Waals surface area contributed by atoms with Gasteiger partial charge in [-0.05, 0) is 36.6 Å². The monoisotopic (exact) mass is 298 g/mol. The standard InChI is InChI=1S/C13H15FN2O3S/c1-10-8-16(7-6-13(10)15-9-17)20(18,19)12-4-2-11(14)3-5-12/h2-5,10,13H,6-8H2,1H3. The summed E-state index contributed by atoms with van der Waals surface area (Å²) < 4.78 is 39.0. The van der Waals surface area contributed by atoms with Crippen LogP contribution in [0.15, 0.2) is 34.2 Å². The molecular formula is C13H15FN2O3S. The summed E-state index contributed by atoms with van der Waals surface area (Å²) in [5.41, 5.74) is 0. The quantitative estimate of drug-likeness (QED) is 0.628. The lowest BCUT2D eigenvalue weighted by molar-refractivity contribution is 0.251. The van der Waals surface area contributed by atoms with E-state index in [2.05, 4.69) is 4.99 Å². The van der Waals surface area contributed by atoms with Gasteiger partial charge < -0.3 is 0 Å².